The second kappa shape index (κ2) is 4.24. The van der Waals surface area contributed by atoms with Crippen LogP contribution in [0.2, 0.25) is 0 Å². The van der Waals surface area contributed by atoms with Crippen molar-refractivity contribution in [2.75, 3.05) is 6.54 Å². The maximum Gasteiger partial charge on any atom is 0.155 e. The zero-order chi connectivity index (χ0) is 11.8. The van der Waals surface area contributed by atoms with Gasteiger partial charge in [-0.15, -0.1) is 0 Å². The van der Waals surface area contributed by atoms with Crippen molar-refractivity contribution in [2.24, 2.45) is 5.73 Å². The Hall–Kier alpha value is -1.19. The van der Waals surface area contributed by atoms with Crippen molar-refractivity contribution in [3.63, 3.8) is 0 Å². The number of benzene rings is 1. The first-order valence-electron chi connectivity index (χ1n) is 6.37. The van der Waals surface area contributed by atoms with Crippen molar-refractivity contribution in [1.29, 1.82) is 0 Å². The molecule has 0 radical (unpaired) electrons. The van der Waals surface area contributed by atoms with Gasteiger partial charge in [-0.3, -0.25) is 9.69 Å². The van der Waals surface area contributed by atoms with E-state index in [9.17, 15) is 4.79 Å². The van der Waals surface area contributed by atoms with Crippen LogP contribution >= 0.6 is 0 Å². The number of hydrogen-bond donors (Lipinski definition) is 1. The maximum atomic E-state index is 12.0. The Morgan fingerprint density at radius 3 is 2.53 bits per heavy atom. The number of ketones is 1. The Morgan fingerprint density at radius 2 is 1.94 bits per heavy atom. The number of nitrogens with two attached hydrogens (primary N) is 1. The minimum Gasteiger partial charge on any atom is -0.326 e. The second-order valence-electron chi connectivity index (χ2n) is 5.03. The fourth-order valence-electron chi connectivity index (χ4n) is 2.70. The van der Waals surface area contributed by atoms with Crippen LogP contribution in [0.3, 0.4) is 0 Å². The van der Waals surface area contributed by atoms with Crippen molar-refractivity contribution in [3.8, 4) is 0 Å². The Labute approximate surface area is 102 Å². The number of rotatable bonds is 3. The Bertz CT molecular complexity index is 422. The molecule has 2 aliphatic rings. The highest BCUT2D eigenvalue weighted by atomic mass is 16.1. The fourth-order valence-corrected chi connectivity index (χ4v) is 2.70. The highest BCUT2D eigenvalue weighted by Crippen LogP contribution is 2.38. The average Bonchev–Trinajstić information content (AvgIpc) is 3.13. The SMILES string of the molecule is NCc1ccc(C2C(=O)CCN2C2CC2)cc1. The molecule has 17 heavy (non-hydrogen) atoms. The Morgan fingerprint density at radius 1 is 1.24 bits per heavy atom. The number of carbonyl (C=O) groups excluding carboxylic acids is 1. The first-order valence-corrected chi connectivity index (χ1v) is 6.37. The van der Waals surface area contributed by atoms with E-state index in [0.29, 0.717) is 24.8 Å². The van der Waals surface area contributed by atoms with Gasteiger partial charge >= 0.3 is 0 Å². The first kappa shape index (κ1) is 10.9. The van der Waals surface area contributed by atoms with Crippen molar-refractivity contribution in [2.45, 2.75) is 37.9 Å². The van der Waals surface area contributed by atoms with Gasteiger partial charge < -0.3 is 5.73 Å². The van der Waals surface area contributed by atoms with Crippen LogP contribution in [0.4, 0.5) is 0 Å². The number of likely N-dealkylation sites (tertiary alicyclic amines) is 1. The summed E-state index contributed by atoms with van der Waals surface area (Å²) in [5.74, 6) is 0.373. The monoisotopic (exact) mass is 230 g/mol. The summed E-state index contributed by atoms with van der Waals surface area (Å²) in [4.78, 5) is 14.4. The molecular formula is C14H18N2O. The normalized spacial score (nSPS) is 25.5. The molecule has 1 aliphatic heterocycles. The Balaban J connectivity index is 1.86. The van der Waals surface area contributed by atoms with E-state index in [1.54, 1.807) is 0 Å². The van der Waals surface area contributed by atoms with Crippen LogP contribution in [0.15, 0.2) is 24.3 Å². The molecular weight excluding hydrogens is 212 g/mol. The summed E-state index contributed by atoms with van der Waals surface area (Å²) >= 11 is 0. The summed E-state index contributed by atoms with van der Waals surface area (Å²) in [6.07, 6.45) is 3.22. The van der Waals surface area contributed by atoms with Gasteiger partial charge in [0.05, 0.1) is 6.04 Å². The number of nitrogens with zero attached hydrogens (tertiary/aromatic N) is 1. The zero-order valence-corrected chi connectivity index (χ0v) is 9.93. The third-order valence-electron chi connectivity index (χ3n) is 3.80. The van der Waals surface area contributed by atoms with Crippen LogP contribution in [-0.4, -0.2) is 23.3 Å². The lowest BCUT2D eigenvalue weighted by molar-refractivity contribution is -0.120. The van der Waals surface area contributed by atoms with Crippen LogP contribution in [0.25, 0.3) is 0 Å². The van der Waals surface area contributed by atoms with Crippen LogP contribution in [0.5, 0.6) is 0 Å². The topological polar surface area (TPSA) is 46.3 Å². The van der Waals surface area contributed by atoms with E-state index in [-0.39, 0.29) is 6.04 Å². The fraction of sp³-hybridized carbons (Fsp3) is 0.500. The van der Waals surface area contributed by atoms with E-state index in [0.717, 1.165) is 17.7 Å². The molecule has 3 nitrogen and oxygen atoms in total. The lowest BCUT2D eigenvalue weighted by atomic mass is 10.0. The van der Waals surface area contributed by atoms with Crippen LogP contribution in [0, 0.1) is 0 Å². The molecule has 1 unspecified atom stereocenters. The number of carbonyl (C=O) groups is 1. The maximum absolute atomic E-state index is 12.0. The molecule has 2 fully saturated rings. The van der Waals surface area contributed by atoms with E-state index in [2.05, 4.69) is 17.0 Å². The molecule has 90 valence electrons. The van der Waals surface area contributed by atoms with Gasteiger partial charge in [0, 0.05) is 25.6 Å². The lowest BCUT2D eigenvalue weighted by Crippen LogP contribution is -2.27. The molecule has 0 amide bonds. The summed E-state index contributed by atoms with van der Waals surface area (Å²) in [5, 5.41) is 0. The molecule has 0 spiro atoms. The van der Waals surface area contributed by atoms with Crippen molar-refractivity contribution in [1.82, 2.24) is 4.90 Å². The van der Waals surface area contributed by atoms with E-state index >= 15 is 0 Å². The molecule has 1 aromatic carbocycles. The molecule has 1 aliphatic carbocycles. The summed E-state index contributed by atoms with van der Waals surface area (Å²) in [5.41, 5.74) is 7.85. The van der Waals surface area contributed by atoms with Gasteiger partial charge in [0.25, 0.3) is 0 Å². The standard InChI is InChI=1S/C14H18N2O/c15-9-10-1-3-11(4-2-10)14-13(17)7-8-16(14)12-5-6-12/h1-4,12,14H,5-9,15H2. The predicted octanol–water partition coefficient (Wildman–Crippen LogP) is 1.62. The van der Waals surface area contributed by atoms with Crippen molar-refractivity contribution < 1.29 is 4.79 Å². The minimum atomic E-state index is 0.00863. The third kappa shape index (κ3) is 2.01. The molecule has 1 aromatic rings. The summed E-state index contributed by atoms with van der Waals surface area (Å²) in [6, 6.07) is 8.85. The lowest BCUT2D eigenvalue weighted by Gasteiger charge is -2.23. The largest absolute Gasteiger partial charge is 0.326 e. The van der Waals surface area contributed by atoms with Crippen molar-refractivity contribution in [3.05, 3.63) is 35.4 Å². The van der Waals surface area contributed by atoms with E-state index in [1.165, 1.54) is 12.8 Å². The van der Waals surface area contributed by atoms with Gasteiger partial charge in [0.1, 0.15) is 0 Å². The van der Waals surface area contributed by atoms with Crippen molar-refractivity contribution >= 4 is 5.78 Å². The number of Topliss-reactive ketones (excluding diaryl/α,β-unsaturated/α-hetero) is 1. The summed E-state index contributed by atoms with van der Waals surface area (Å²) < 4.78 is 0. The Kier molecular flexibility index (Phi) is 2.73. The quantitative estimate of drug-likeness (QED) is 0.858. The molecule has 1 heterocycles. The average molecular weight is 230 g/mol. The minimum absolute atomic E-state index is 0.00863. The second-order valence-corrected chi connectivity index (χ2v) is 5.03. The number of hydrogen-bond acceptors (Lipinski definition) is 3. The predicted molar refractivity (Wildman–Crippen MR) is 66.4 cm³/mol. The van der Waals surface area contributed by atoms with Crippen LogP contribution < -0.4 is 5.73 Å². The summed E-state index contributed by atoms with van der Waals surface area (Å²) in [6.45, 7) is 1.50. The third-order valence-corrected chi connectivity index (χ3v) is 3.80. The molecule has 1 saturated carbocycles. The highest BCUT2D eigenvalue weighted by Gasteiger charge is 2.41. The van der Waals surface area contributed by atoms with Gasteiger partial charge in [0.2, 0.25) is 0 Å². The van der Waals surface area contributed by atoms with Gasteiger partial charge in [-0.25, -0.2) is 0 Å². The highest BCUT2D eigenvalue weighted by molar-refractivity contribution is 5.87. The molecule has 0 bridgehead atoms. The van der Waals surface area contributed by atoms with Gasteiger partial charge in [-0.05, 0) is 24.0 Å². The van der Waals surface area contributed by atoms with Gasteiger partial charge in [-0.1, -0.05) is 24.3 Å². The molecule has 3 heteroatoms. The van der Waals surface area contributed by atoms with Gasteiger partial charge in [0.15, 0.2) is 5.78 Å². The molecule has 1 saturated heterocycles. The van der Waals surface area contributed by atoms with E-state index in [1.807, 2.05) is 12.1 Å². The first-order chi connectivity index (χ1) is 8.29. The molecule has 2 N–H and O–H groups in total. The zero-order valence-electron chi connectivity index (χ0n) is 9.93. The summed E-state index contributed by atoms with van der Waals surface area (Å²) in [7, 11) is 0. The van der Waals surface area contributed by atoms with Crippen LogP contribution in [-0.2, 0) is 11.3 Å². The smallest absolute Gasteiger partial charge is 0.155 e. The molecule has 3 rings (SSSR count). The van der Waals surface area contributed by atoms with Crippen LogP contribution in [0.1, 0.15) is 36.4 Å². The van der Waals surface area contributed by atoms with Gasteiger partial charge in [-0.2, -0.15) is 0 Å². The van der Waals surface area contributed by atoms with E-state index < -0.39 is 0 Å². The van der Waals surface area contributed by atoms with E-state index in [4.69, 9.17) is 5.73 Å². The molecule has 1 atom stereocenters. The molecule has 0 aromatic heterocycles.